The van der Waals surface area contributed by atoms with Crippen molar-refractivity contribution in [2.45, 2.75) is 51.2 Å². The Bertz CT molecular complexity index is 671. The van der Waals surface area contributed by atoms with Crippen LogP contribution in [0, 0.1) is 0 Å². The van der Waals surface area contributed by atoms with Gasteiger partial charge in [0, 0.05) is 49.8 Å². The molecule has 0 aliphatic carbocycles. The standard InChI is InChI=1S/C19H27N3O4/c1-4-5-14(2)22-13-19(26-18(22)24)7-10-21(11-8-19)17(23)15-6-9-20-16(12-15)25-3/h6,9,12,14H,4-5,7-8,10-11,13H2,1-3H3. The molecule has 142 valence electrons. The fourth-order valence-electron chi connectivity index (χ4n) is 3.77. The van der Waals surface area contributed by atoms with E-state index in [1.54, 1.807) is 18.3 Å². The van der Waals surface area contributed by atoms with E-state index in [0.717, 1.165) is 12.8 Å². The molecule has 0 bridgehead atoms. The number of amides is 2. The molecule has 2 saturated heterocycles. The molecule has 1 atom stereocenters. The summed E-state index contributed by atoms with van der Waals surface area (Å²) in [5, 5.41) is 0. The van der Waals surface area contributed by atoms with E-state index >= 15 is 0 Å². The number of nitrogens with zero attached hydrogens (tertiary/aromatic N) is 3. The minimum Gasteiger partial charge on any atom is -0.481 e. The highest BCUT2D eigenvalue weighted by atomic mass is 16.6. The quantitative estimate of drug-likeness (QED) is 0.806. The number of piperidine rings is 1. The molecule has 2 fully saturated rings. The lowest BCUT2D eigenvalue weighted by molar-refractivity contribution is 0.00305. The Morgan fingerprint density at radius 1 is 1.42 bits per heavy atom. The first kappa shape index (κ1) is 18.5. The van der Waals surface area contributed by atoms with E-state index in [1.807, 2.05) is 9.80 Å². The van der Waals surface area contributed by atoms with Gasteiger partial charge in [-0.2, -0.15) is 0 Å². The molecule has 1 aromatic heterocycles. The number of aromatic nitrogens is 1. The van der Waals surface area contributed by atoms with Gasteiger partial charge in [0.15, 0.2) is 0 Å². The first-order valence-corrected chi connectivity index (χ1v) is 9.27. The molecule has 3 rings (SSSR count). The lowest BCUT2D eigenvalue weighted by Crippen LogP contribution is -2.49. The van der Waals surface area contributed by atoms with Gasteiger partial charge in [0.05, 0.1) is 13.7 Å². The molecule has 2 amide bonds. The van der Waals surface area contributed by atoms with E-state index in [-0.39, 0.29) is 18.0 Å². The van der Waals surface area contributed by atoms with Gasteiger partial charge in [-0.25, -0.2) is 9.78 Å². The molecule has 2 aliphatic heterocycles. The minimum atomic E-state index is -0.453. The van der Waals surface area contributed by atoms with E-state index in [4.69, 9.17) is 9.47 Å². The third kappa shape index (κ3) is 3.61. The third-order valence-electron chi connectivity index (χ3n) is 5.39. The Balaban J connectivity index is 1.62. The summed E-state index contributed by atoms with van der Waals surface area (Å²) in [6, 6.07) is 3.53. The summed E-state index contributed by atoms with van der Waals surface area (Å²) in [6.07, 6.45) is 4.70. The number of methoxy groups -OCH3 is 1. The number of pyridine rings is 1. The number of likely N-dealkylation sites (tertiary alicyclic amines) is 1. The van der Waals surface area contributed by atoms with E-state index in [2.05, 4.69) is 18.8 Å². The second-order valence-electron chi connectivity index (χ2n) is 7.20. The first-order chi connectivity index (χ1) is 12.5. The van der Waals surface area contributed by atoms with E-state index in [9.17, 15) is 9.59 Å². The van der Waals surface area contributed by atoms with Crippen LogP contribution in [0.15, 0.2) is 18.3 Å². The summed E-state index contributed by atoms with van der Waals surface area (Å²) in [5.74, 6) is 0.385. The Morgan fingerprint density at radius 2 is 2.15 bits per heavy atom. The third-order valence-corrected chi connectivity index (χ3v) is 5.39. The topological polar surface area (TPSA) is 72.0 Å². The summed E-state index contributed by atoms with van der Waals surface area (Å²) >= 11 is 0. The molecular weight excluding hydrogens is 334 g/mol. The Kier molecular flexibility index (Phi) is 5.34. The molecule has 0 aromatic carbocycles. The zero-order chi connectivity index (χ0) is 18.7. The Hall–Kier alpha value is -2.31. The average Bonchev–Trinajstić information content (AvgIpc) is 2.98. The smallest absolute Gasteiger partial charge is 0.410 e. The van der Waals surface area contributed by atoms with E-state index in [0.29, 0.717) is 43.9 Å². The van der Waals surface area contributed by atoms with Gasteiger partial charge in [0.1, 0.15) is 5.60 Å². The summed E-state index contributed by atoms with van der Waals surface area (Å²) < 4.78 is 10.8. The van der Waals surface area contributed by atoms with Gasteiger partial charge in [0.25, 0.3) is 5.91 Å². The minimum absolute atomic E-state index is 0.0407. The molecular formula is C19H27N3O4. The van der Waals surface area contributed by atoms with Crippen molar-refractivity contribution in [3.63, 3.8) is 0 Å². The van der Waals surface area contributed by atoms with Crippen molar-refractivity contribution >= 4 is 12.0 Å². The molecule has 7 heteroatoms. The van der Waals surface area contributed by atoms with Crippen LogP contribution < -0.4 is 4.74 Å². The number of carbonyl (C=O) groups is 2. The predicted molar refractivity (Wildman–Crippen MR) is 96.2 cm³/mol. The molecule has 26 heavy (non-hydrogen) atoms. The monoisotopic (exact) mass is 361 g/mol. The van der Waals surface area contributed by atoms with Gasteiger partial charge in [-0.1, -0.05) is 13.3 Å². The van der Waals surface area contributed by atoms with Gasteiger partial charge >= 0.3 is 6.09 Å². The average molecular weight is 361 g/mol. The summed E-state index contributed by atoms with van der Waals surface area (Å²) in [4.78, 5) is 32.7. The Morgan fingerprint density at radius 3 is 2.81 bits per heavy atom. The molecule has 0 radical (unpaired) electrons. The lowest BCUT2D eigenvalue weighted by atomic mass is 9.90. The normalized spacial score (nSPS) is 20.2. The number of hydrogen-bond donors (Lipinski definition) is 0. The predicted octanol–water partition coefficient (Wildman–Crippen LogP) is 2.71. The lowest BCUT2D eigenvalue weighted by Gasteiger charge is -2.37. The van der Waals surface area contributed by atoms with Crippen LogP contribution in [0.1, 0.15) is 49.9 Å². The highest BCUT2D eigenvalue weighted by Crippen LogP contribution is 2.35. The van der Waals surface area contributed by atoms with Crippen molar-refractivity contribution in [3.05, 3.63) is 23.9 Å². The highest BCUT2D eigenvalue weighted by molar-refractivity contribution is 5.94. The van der Waals surface area contributed by atoms with Crippen molar-refractivity contribution in [1.82, 2.24) is 14.8 Å². The second-order valence-corrected chi connectivity index (χ2v) is 7.20. The Labute approximate surface area is 154 Å². The zero-order valence-electron chi connectivity index (χ0n) is 15.7. The SMILES string of the molecule is CCCC(C)N1CC2(CCN(C(=O)c3ccnc(OC)c3)CC2)OC1=O. The molecule has 1 aromatic rings. The van der Waals surface area contributed by atoms with Crippen molar-refractivity contribution in [3.8, 4) is 5.88 Å². The van der Waals surface area contributed by atoms with Crippen molar-refractivity contribution in [1.29, 1.82) is 0 Å². The van der Waals surface area contributed by atoms with Gasteiger partial charge in [0.2, 0.25) is 5.88 Å². The van der Waals surface area contributed by atoms with Crippen LogP contribution in [0.3, 0.4) is 0 Å². The maximum Gasteiger partial charge on any atom is 0.410 e. The van der Waals surface area contributed by atoms with Crippen LogP contribution in [-0.4, -0.2) is 65.2 Å². The van der Waals surface area contributed by atoms with Crippen LogP contribution in [0.25, 0.3) is 0 Å². The fraction of sp³-hybridized carbons (Fsp3) is 0.632. The van der Waals surface area contributed by atoms with E-state index < -0.39 is 5.60 Å². The maximum atomic E-state index is 12.7. The van der Waals surface area contributed by atoms with Gasteiger partial charge < -0.3 is 19.3 Å². The van der Waals surface area contributed by atoms with E-state index in [1.165, 1.54) is 7.11 Å². The molecule has 7 nitrogen and oxygen atoms in total. The van der Waals surface area contributed by atoms with Crippen LogP contribution in [0.5, 0.6) is 5.88 Å². The molecule has 1 unspecified atom stereocenters. The second kappa shape index (κ2) is 7.51. The molecule has 1 spiro atoms. The largest absolute Gasteiger partial charge is 0.481 e. The van der Waals surface area contributed by atoms with Crippen LogP contribution in [0.4, 0.5) is 4.79 Å². The molecule has 2 aliphatic rings. The van der Waals surface area contributed by atoms with Crippen molar-refractivity contribution in [2.75, 3.05) is 26.7 Å². The number of carbonyl (C=O) groups excluding carboxylic acids is 2. The summed E-state index contributed by atoms with van der Waals surface area (Å²) in [5.41, 5.74) is 0.112. The highest BCUT2D eigenvalue weighted by Gasteiger charge is 2.48. The van der Waals surface area contributed by atoms with Crippen LogP contribution >= 0.6 is 0 Å². The van der Waals surface area contributed by atoms with Crippen molar-refractivity contribution < 1.29 is 19.1 Å². The summed E-state index contributed by atoms with van der Waals surface area (Å²) in [6.45, 7) is 5.96. The van der Waals surface area contributed by atoms with Gasteiger partial charge in [-0.15, -0.1) is 0 Å². The maximum absolute atomic E-state index is 12.7. The zero-order valence-corrected chi connectivity index (χ0v) is 15.7. The van der Waals surface area contributed by atoms with Crippen molar-refractivity contribution in [2.24, 2.45) is 0 Å². The number of hydrogen-bond acceptors (Lipinski definition) is 5. The molecule has 0 N–H and O–H groups in total. The summed E-state index contributed by atoms with van der Waals surface area (Å²) in [7, 11) is 1.53. The van der Waals surface area contributed by atoms with Gasteiger partial charge in [-0.05, 0) is 19.4 Å². The fourth-order valence-corrected chi connectivity index (χ4v) is 3.77. The van der Waals surface area contributed by atoms with Crippen LogP contribution in [-0.2, 0) is 4.74 Å². The number of rotatable bonds is 5. The molecule has 0 saturated carbocycles. The molecule has 3 heterocycles. The first-order valence-electron chi connectivity index (χ1n) is 9.27. The van der Waals surface area contributed by atoms with Gasteiger partial charge in [-0.3, -0.25) is 4.79 Å². The number of ether oxygens (including phenoxy) is 2. The van der Waals surface area contributed by atoms with Crippen LogP contribution in [0.2, 0.25) is 0 Å².